The maximum atomic E-state index is 6.78. The summed E-state index contributed by atoms with van der Waals surface area (Å²) in [7, 11) is 0. The first-order valence-electron chi connectivity index (χ1n) is 4.48. The molecule has 1 aromatic rings. The fourth-order valence-electron chi connectivity index (χ4n) is 1.17. The highest BCUT2D eigenvalue weighted by molar-refractivity contribution is 6.14. The number of rotatable bonds is 4. The van der Waals surface area contributed by atoms with Gasteiger partial charge in [-0.2, -0.15) is 5.10 Å². The second kappa shape index (κ2) is 4.95. The molecule has 4 heteroatoms. The zero-order valence-electron chi connectivity index (χ0n) is 8.62. The van der Waals surface area contributed by atoms with Crippen molar-refractivity contribution in [3.63, 3.8) is 0 Å². The van der Waals surface area contributed by atoms with Crippen LogP contribution in [0.3, 0.4) is 0 Å². The largest absolute Gasteiger partial charge is 0.399 e. The molecule has 0 heterocycles. The second-order valence-corrected chi connectivity index (χ2v) is 3.13. The summed E-state index contributed by atoms with van der Waals surface area (Å²) in [5, 5.41) is 10.6. The van der Waals surface area contributed by atoms with Gasteiger partial charge < -0.3 is 11.1 Å². The number of nitrogens with zero attached hydrogens (tertiary/aromatic N) is 1. The van der Waals surface area contributed by atoms with Gasteiger partial charge in [0.1, 0.15) is 0 Å². The molecule has 4 nitrogen and oxygen atoms in total. The van der Waals surface area contributed by atoms with Crippen molar-refractivity contribution in [1.29, 1.82) is 5.41 Å². The summed E-state index contributed by atoms with van der Waals surface area (Å²) in [6.07, 6.45) is 2.45. The van der Waals surface area contributed by atoms with Gasteiger partial charge in [-0.05, 0) is 19.1 Å². The monoisotopic (exact) mass is 202 g/mol. The van der Waals surface area contributed by atoms with Gasteiger partial charge in [0.15, 0.2) is 0 Å². The smallest absolute Gasteiger partial charge is 0.0654 e. The minimum Gasteiger partial charge on any atom is -0.399 e. The molecule has 4 N–H and O–H groups in total. The Morgan fingerprint density at radius 3 is 2.93 bits per heavy atom. The van der Waals surface area contributed by atoms with E-state index >= 15 is 0 Å². The number of aryl methyl sites for hydroxylation is 1. The molecule has 0 bridgehead atoms. The van der Waals surface area contributed by atoms with E-state index in [1.165, 1.54) is 6.21 Å². The topological polar surface area (TPSA) is 74.3 Å². The Labute approximate surface area is 89.0 Å². The lowest BCUT2D eigenvalue weighted by Crippen LogP contribution is -2.00. The lowest BCUT2D eigenvalue weighted by molar-refractivity contribution is 1.32. The van der Waals surface area contributed by atoms with Crippen LogP contribution in [0.2, 0.25) is 0 Å². The fraction of sp³-hybridized carbons (Fsp3) is 0.0909. The van der Waals surface area contributed by atoms with Crippen molar-refractivity contribution in [2.75, 3.05) is 5.43 Å². The Hall–Kier alpha value is -2.10. The van der Waals surface area contributed by atoms with Crippen molar-refractivity contribution in [3.05, 3.63) is 35.9 Å². The maximum absolute atomic E-state index is 6.78. The van der Waals surface area contributed by atoms with E-state index in [-0.39, 0.29) is 0 Å². The zero-order chi connectivity index (χ0) is 11.3. The number of anilines is 1. The molecule has 0 saturated heterocycles. The van der Waals surface area contributed by atoms with Gasteiger partial charge in [-0.1, -0.05) is 18.2 Å². The first kappa shape index (κ1) is 11.0. The first-order valence-corrected chi connectivity index (χ1v) is 4.48. The Morgan fingerprint density at radius 1 is 1.60 bits per heavy atom. The van der Waals surface area contributed by atoms with Crippen LogP contribution in [0.25, 0.3) is 5.70 Å². The average molecular weight is 202 g/mol. The predicted molar refractivity (Wildman–Crippen MR) is 65.3 cm³/mol. The van der Waals surface area contributed by atoms with Crippen molar-refractivity contribution in [3.8, 4) is 0 Å². The minimum atomic E-state index is 0.492. The normalized spacial score (nSPS) is 10.2. The van der Waals surface area contributed by atoms with Gasteiger partial charge in [0.05, 0.1) is 11.9 Å². The lowest BCUT2D eigenvalue weighted by atomic mass is 10.1. The molecule has 78 valence electrons. The van der Waals surface area contributed by atoms with E-state index in [1.807, 2.05) is 25.1 Å². The van der Waals surface area contributed by atoms with Crippen molar-refractivity contribution in [2.24, 2.45) is 10.8 Å². The lowest BCUT2D eigenvalue weighted by Gasteiger charge is -2.08. The van der Waals surface area contributed by atoms with Gasteiger partial charge in [0.25, 0.3) is 0 Å². The van der Waals surface area contributed by atoms with Crippen molar-refractivity contribution < 1.29 is 0 Å². The number of hydrazone groups is 1. The van der Waals surface area contributed by atoms with Gasteiger partial charge in [0.2, 0.25) is 0 Å². The van der Waals surface area contributed by atoms with Crippen LogP contribution in [0.15, 0.2) is 29.9 Å². The molecule has 0 spiro atoms. The Morgan fingerprint density at radius 2 is 2.33 bits per heavy atom. The highest BCUT2D eigenvalue weighted by Crippen LogP contribution is 2.21. The molecule has 0 aliphatic rings. The van der Waals surface area contributed by atoms with Crippen molar-refractivity contribution >= 4 is 23.8 Å². The van der Waals surface area contributed by atoms with Crippen LogP contribution in [0.4, 0.5) is 5.69 Å². The molecule has 0 aromatic heterocycles. The quantitative estimate of drug-likeness (QED) is 0.516. The van der Waals surface area contributed by atoms with Crippen LogP contribution in [-0.4, -0.2) is 12.4 Å². The molecule has 0 fully saturated rings. The fourth-order valence-corrected chi connectivity index (χ4v) is 1.17. The average Bonchev–Trinajstić information content (AvgIpc) is 2.20. The van der Waals surface area contributed by atoms with Gasteiger partial charge in [-0.25, -0.2) is 0 Å². The standard InChI is InChI=1S/C11H14N4/c1-8-3-4-11(15-14-6-5-12)10(7-8)9(2)13/h3-7,12,15H,2,13H2,1H3/b12-5?,14-6-. The molecule has 1 rings (SSSR count). The van der Waals surface area contributed by atoms with Crippen LogP contribution >= 0.6 is 0 Å². The molecule has 1 aromatic carbocycles. The number of hydrogen-bond donors (Lipinski definition) is 3. The van der Waals surface area contributed by atoms with Crippen molar-refractivity contribution in [2.45, 2.75) is 6.92 Å². The molecular weight excluding hydrogens is 188 g/mol. The van der Waals surface area contributed by atoms with E-state index in [0.29, 0.717) is 5.70 Å². The number of nitrogens with two attached hydrogens (primary N) is 1. The minimum absolute atomic E-state index is 0.492. The highest BCUT2D eigenvalue weighted by atomic mass is 15.3. The van der Waals surface area contributed by atoms with E-state index < -0.39 is 0 Å². The molecule has 15 heavy (non-hydrogen) atoms. The Balaban J connectivity index is 3.00. The van der Waals surface area contributed by atoms with Crippen LogP contribution in [0.1, 0.15) is 11.1 Å². The molecule has 0 unspecified atom stereocenters. The first-order chi connectivity index (χ1) is 7.15. The summed E-state index contributed by atoms with van der Waals surface area (Å²) in [5.41, 5.74) is 11.7. The summed E-state index contributed by atoms with van der Waals surface area (Å²) in [4.78, 5) is 0. The molecule has 0 aliphatic carbocycles. The van der Waals surface area contributed by atoms with Gasteiger partial charge in [-0.3, -0.25) is 5.43 Å². The zero-order valence-corrected chi connectivity index (χ0v) is 8.62. The van der Waals surface area contributed by atoms with E-state index in [2.05, 4.69) is 17.1 Å². The van der Waals surface area contributed by atoms with E-state index in [1.54, 1.807) is 0 Å². The SMILES string of the molecule is C=C(N)c1cc(C)ccc1N/N=C\C=N. The molecule has 0 amide bonds. The molecule has 0 aliphatic heterocycles. The van der Waals surface area contributed by atoms with Gasteiger partial charge >= 0.3 is 0 Å². The predicted octanol–water partition coefficient (Wildman–Crippen LogP) is 1.97. The number of hydrogen-bond acceptors (Lipinski definition) is 4. The van der Waals surface area contributed by atoms with E-state index in [4.69, 9.17) is 11.1 Å². The summed E-state index contributed by atoms with van der Waals surface area (Å²) in [5.74, 6) is 0. The number of nitrogens with one attached hydrogen (secondary N) is 2. The molecule has 0 saturated carbocycles. The second-order valence-electron chi connectivity index (χ2n) is 3.13. The third-order valence-electron chi connectivity index (χ3n) is 1.86. The molecular formula is C11H14N4. The van der Waals surface area contributed by atoms with E-state index in [0.717, 1.165) is 23.0 Å². The third kappa shape index (κ3) is 2.95. The Kier molecular flexibility index (Phi) is 3.62. The maximum Gasteiger partial charge on any atom is 0.0654 e. The summed E-state index contributed by atoms with van der Waals surface area (Å²) in [6.45, 7) is 5.68. The number of benzene rings is 1. The van der Waals surface area contributed by atoms with Gasteiger partial charge in [0, 0.05) is 17.5 Å². The van der Waals surface area contributed by atoms with Crippen LogP contribution in [0.5, 0.6) is 0 Å². The van der Waals surface area contributed by atoms with Gasteiger partial charge in [-0.15, -0.1) is 0 Å². The summed E-state index contributed by atoms with van der Waals surface area (Å²) >= 11 is 0. The third-order valence-corrected chi connectivity index (χ3v) is 1.86. The highest BCUT2D eigenvalue weighted by Gasteiger charge is 2.02. The molecule has 0 radical (unpaired) electrons. The van der Waals surface area contributed by atoms with Crippen LogP contribution in [-0.2, 0) is 0 Å². The molecule has 0 atom stereocenters. The van der Waals surface area contributed by atoms with E-state index in [9.17, 15) is 0 Å². The van der Waals surface area contributed by atoms with Crippen LogP contribution in [0, 0.1) is 12.3 Å². The summed E-state index contributed by atoms with van der Waals surface area (Å²) in [6, 6.07) is 5.77. The van der Waals surface area contributed by atoms with Crippen LogP contribution < -0.4 is 11.2 Å². The van der Waals surface area contributed by atoms with Crippen molar-refractivity contribution in [1.82, 2.24) is 0 Å². The summed E-state index contributed by atoms with van der Waals surface area (Å²) < 4.78 is 0. The Bertz CT molecular complexity index is 407.